The van der Waals surface area contributed by atoms with E-state index < -0.39 is 5.54 Å². The number of benzene rings is 1. The number of amides is 1. The van der Waals surface area contributed by atoms with Crippen molar-refractivity contribution in [3.63, 3.8) is 0 Å². The van der Waals surface area contributed by atoms with Crippen LogP contribution in [-0.4, -0.2) is 21.6 Å². The minimum Gasteiger partial charge on any atom is -0.324 e. The van der Waals surface area contributed by atoms with Gasteiger partial charge in [0.25, 0.3) is 0 Å². The molecule has 0 aliphatic heterocycles. The third kappa shape index (κ3) is 2.69. The third-order valence-corrected chi connectivity index (χ3v) is 3.65. The van der Waals surface area contributed by atoms with Gasteiger partial charge in [-0.05, 0) is 43.0 Å². The van der Waals surface area contributed by atoms with Crippen LogP contribution in [-0.2, 0) is 4.79 Å². The fourth-order valence-electron chi connectivity index (χ4n) is 2.19. The maximum Gasteiger partial charge on any atom is 0.244 e. The molecular weight excluding hydrogens is 276 g/mol. The van der Waals surface area contributed by atoms with Gasteiger partial charge in [-0.2, -0.15) is 5.10 Å². The van der Waals surface area contributed by atoms with Gasteiger partial charge < -0.3 is 11.1 Å². The van der Waals surface area contributed by atoms with Crippen LogP contribution in [0.15, 0.2) is 36.5 Å². The van der Waals surface area contributed by atoms with Gasteiger partial charge in [0, 0.05) is 11.9 Å². The zero-order valence-corrected chi connectivity index (χ0v) is 11.7. The second-order valence-corrected chi connectivity index (χ2v) is 5.01. The van der Waals surface area contributed by atoms with E-state index in [0.29, 0.717) is 0 Å². The van der Waals surface area contributed by atoms with Crippen LogP contribution < -0.4 is 11.1 Å². The molecule has 2 aromatic rings. The first kappa shape index (κ1) is 14.6. The summed E-state index contributed by atoms with van der Waals surface area (Å²) in [5.41, 5.74) is 8.06. The monoisotopic (exact) mass is 292 g/mol. The van der Waals surface area contributed by atoms with E-state index in [1.54, 1.807) is 6.20 Å². The topological polar surface area (TPSA) is 83.8 Å². The molecular formula is C14H17ClN4O. The molecule has 106 valence electrons. The second kappa shape index (κ2) is 5.64. The number of halogens is 1. The Labute approximate surface area is 123 Å². The van der Waals surface area contributed by atoms with Gasteiger partial charge in [-0.3, -0.25) is 9.89 Å². The molecule has 1 heterocycles. The Kier molecular flexibility index (Phi) is 4.11. The third-order valence-electron chi connectivity index (χ3n) is 3.65. The van der Waals surface area contributed by atoms with Crippen molar-refractivity contribution in [1.82, 2.24) is 10.2 Å². The predicted molar refractivity (Wildman–Crippen MR) is 80.7 cm³/mol. The zero-order valence-electron chi connectivity index (χ0n) is 10.9. The summed E-state index contributed by atoms with van der Waals surface area (Å²) in [6.07, 6.45) is 4.28. The lowest BCUT2D eigenvalue weighted by atomic mass is 9.77. The molecule has 1 amide bonds. The van der Waals surface area contributed by atoms with E-state index in [4.69, 9.17) is 5.73 Å². The largest absolute Gasteiger partial charge is 0.324 e. The minimum absolute atomic E-state index is 0. The van der Waals surface area contributed by atoms with E-state index in [9.17, 15) is 4.79 Å². The molecule has 0 spiro atoms. The van der Waals surface area contributed by atoms with E-state index in [1.807, 2.05) is 30.3 Å². The molecule has 20 heavy (non-hydrogen) atoms. The number of hydrogen-bond acceptors (Lipinski definition) is 3. The summed E-state index contributed by atoms with van der Waals surface area (Å²) < 4.78 is 0. The molecule has 1 fully saturated rings. The van der Waals surface area contributed by atoms with Crippen molar-refractivity contribution >= 4 is 24.0 Å². The first-order valence-corrected chi connectivity index (χ1v) is 6.38. The van der Waals surface area contributed by atoms with Gasteiger partial charge in [0.05, 0.1) is 11.2 Å². The van der Waals surface area contributed by atoms with E-state index in [1.165, 1.54) is 0 Å². The number of nitrogens with zero attached hydrogens (tertiary/aromatic N) is 1. The number of carbonyl (C=O) groups excluding carboxylic acids is 1. The predicted octanol–water partition coefficient (Wildman–Crippen LogP) is 2.32. The lowest BCUT2D eigenvalue weighted by Gasteiger charge is -2.36. The molecule has 4 N–H and O–H groups in total. The smallest absolute Gasteiger partial charge is 0.244 e. The Morgan fingerprint density at radius 1 is 1.25 bits per heavy atom. The van der Waals surface area contributed by atoms with E-state index in [2.05, 4.69) is 15.5 Å². The molecule has 6 heteroatoms. The van der Waals surface area contributed by atoms with Crippen molar-refractivity contribution in [1.29, 1.82) is 0 Å². The first-order chi connectivity index (χ1) is 9.17. The summed E-state index contributed by atoms with van der Waals surface area (Å²) >= 11 is 0. The number of anilines is 1. The SMILES string of the molecule is Cl.NC1(C(=O)Nc2ccc(-c3ccn[nH]3)cc2)CCC1. The number of rotatable bonds is 3. The van der Waals surface area contributed by atoms with Crippen LogP contribution in [0.1, 0.15) is 19.3 Å². The fraction of sp³-hybridized carbons (Fsp3) is 0.286. The summed E-state index contributed by atoms with van der Waals surface area (Å²) in [4.78, 5) is 12.0. The Morgan fingerprint density at radius 2 is 1.95 bits per heavy atom. The van der Waals surface area contributed by atoms with Crippen LogP contribution >= 0.6 is 12.4 Å². The number of H-pyrrole nitrogens is 1. The van der Waals surface area contributed by atoms with Gasteiger partial charge in [0.2, 0.25) is 5.91 Å². The summed E-state index contributed by atoms with van der Waals surface area (Å²) in [5, 5.41) is 9.68. The average molecular weight is 293 g/mol. The average Bonchev–Trinajstić information content (AvgIpc) is 2.90. The minimum atomic E-state index is -0.665. The van der Waals surface area contributed by atoms with Gasteiger partial charge >= 0.3 is 0 Å². The molecule has 0 bridgehead atoms. The van der Waals surface area contributed by atoms with Crippen LogP contribution in [0.25, 0.3) is 11.3 Å². The summed E-state index contributed by atoms with van der Waals surface area (Å²) in [6.45, 7) is 0. The second-order valence-electron chi connectivity index (χ2n) is 5.01. The molecule has 1 aliphatic rings. The molecule has 0 atom stereocenters. The van der Waals surface area contributed by atoms with Crippen LogP contribution in [0.2, 0.25) is 0 Å². The van der Waals surface area contributed by atoms with Crippen molar-refractivity contribution in [2.75, 3.05) is 5.32 Å². The normalized spacial score (nSPS) is 15.8. The van der Waals surface area contributed by atoms with Gasteiger partial charge in [-0.15, -0.1) is 12.4 Å². The maximum atomic E-state index is 12.0. The number of nitrogens with one attached hydrogen (secondary N) is 2. The van der Waals surface area contributed by atoms with E-state index >= 15 is 0 Å². The quantitative estimate of drug-likeness (QED) is 0.812. The van der Waals surface area contributed by atoms with Crippen molar-refractivity contribution in [2.45, 2.75) is 24.8 Å². The standard InChI is InChI=1S/C14H16N4O.ClH/c15-14(7-1-8-14)13(19)17-11-4-2-10(3-5-11)12-6-9-16-18-12;/h2-6,9H,1,7-8,15H2,(H,16,18)(H,17,19);1H. The van der Waals surface area contributed by atoms with Gasteiger partial charge in [-0.25, -0.2) is 0 Å². The van der Waals surface area contributed by atoms with Gasteiger partial charge in [-0.1, -0.05) is 12.1 Å². The number of hydrogen-bond donors (Lipinski definition) is 3. The maximum absolute atomic E-state index is 12.0. The summed E-state index contributed by atoms with van der Waals surface area (Å²) in [7, 11) is 0. The molecule has 1 aromatic carbocycles. The van der Waals surface area contributed by atoms with Gasteiger partial charge in [0.1, 0.15) is 0 Å². The van der Waals surface area contributed by atoms with E-state index in [-0.39, 0.29) is 18.3 Å². The summed E-state index contributed by atoms with van der Waals surface area (Å²) in [5.74, 6) is -0.0898. The highest BCUT2D eigenvalue weighted by Gasteiger charge is 2.40. The molecule has 0 saturated heterocycles. The Morgan fingerprint density at radius 3 is 2.45 bits per heavy atom. The molecule has 0 unspecified atom stereocenters. The molecule has 1 saturated carbocycles. The van der Waals surface area contributed by atoms with Crippen LogP contribution in [0.3, 0.4) is 0 Å². The van der Waals surface area contributed by atoms with Crippen molar-refractivity contribution in [2.24, 2.45) is 5.73 Å². The van der Waals surface area contributed by atoms with Gasteiger partial charge in [0.15, 0.2) is 0 Å². The lowest BCUT2D eigenvalue weighted by molar-refractivity contribution is -0.123. The Balaban J connectivity index is 0.00000147. The number of aromatic amines is 1. The van der Waals surface area contributed by atoms with Crippen LogP contribution in [0.5, 0.6) is 0 Å². The highest BCUT2D eigenvalue weighted by atomic mass is 35.5. The molecule has 0 radical (unpaired) electrons. The van der Waals surface area contributed by atoms with Crippen molar-refractivity contribution in [3.8, 4) is 11.3 Å². The van der Waals surface area contributed by atoms with Crippen molar-refractivity contribution < 1.29 is 4.79 Å². The van der Waals surface area contributed by atoms with Crippen LogP contribution in [0.4, 0.5) is 5.69 Å². The first-order valence-electron chi connectivity index (χ1n) is 6.38. The fourth-order valence-corrected chi connectivity index (χ4v) is 2.19. The highest BCUT2D eigenvalue weighted by Crippen LogP contribution is 2.30. The zero-order chi connectivity index (χ0) is 13.3. The Hall–Kier alpha value is -1.85. The lowest BCUT2D eigenvalue weighted by Crippen LogP contribution is -2.56. The molecule has 1 aromatic heterocycles. The number of aromatic nitrogens is 2. The van der Waals surface area contributed by atoms with E-state index in [0.717, 1.165) is 36.2 Å². The molecule has 3 rings (SSSR count). The highest BCUT2D eigenvalue weighted by molar-refractivity contribution is 5.98. The summed E-state index contributed by atoms with van der Waals surface area (Å²) in [6, 6.07) is 9.52. The molecule has 1 aliphatic carbocycles. The number of nitrogens with two attached hydrogens (primary N) is 1. The molecule has 5 nitrogen and oxygen atoms in total. The Bertz CT molecular complexity index is 576. The number of carbonyl (C=O) groups is 1. The van der Waals surface area contributed by atoms with Crippen molar-refractivity contribution in [3.05, 3.63) is 36.5 Å². The van der Waals surface area contributed by atoms with Crippen LogP contribution in [0, 0.1) is 0 Å².